The molecule has 0 aliphatic rings. The van der Waals surface area contributed by atoms with E-state index in [9.17, 15) is 4.79 Å². The summed E-state index contributed by atoms with van der Waals surface area (Å²) in [6, 6.07) is 29.3. The minimum absolute atomic E-state index is 0.453. The molecule has 0 atom stereocenters. The van der Waals surface area contributed by atoms with Crippen molar-refractivity contribution >= 4 is 11.8 Å². The summed E-state index contributed by atoms with van der Waals surface area (Å²) in [6.07, 6.45) is -0.474. The first-order valence-electron chi connectivity index (χ1n) is 8.86. The van der Waals surface area contributed by atoms with Gasteiger partial charge in [0, 0.05) is 13.1 Å². The third-order valence-electron chi connectivity index (χ3n) is 4.14. The van der Waals surface area contributed by atoms with Gasteiger partial charge in [0.2, 0.25) is 0 Å². The fourth-order valence-corrected chi connectivity index (χ4v) is 2.69. The molecule has 136 valence electrons. The molecule has 27 heavy (non-hydrogen) atoms. The van der Waals surface area contributed by atoms with Gasteiger partial charge in [-0.25, -0.2) is 4.79 Å². The third kappa shape index (κ3) is 5.54. The van der Waals surface area contributed by atoms with Gasteiger partial charge in [0.1, 0.15) is 0 Å². The fraction of sp³-hybridized carbons (Fsp3) is 0.130. The first-order valence-corrected chi connectivity index (χ1v) is 8.86. The quantitative estimate of drug-likeness (QED) is 0.343. The smallest absolute Gasteiger partial charge is 0.298 e. The predicted octanol–water partition coefficient (Wildman–Crippen LogP) is 5.25. The topological polar surface area (TPSA) is 41.9 Å². The number of oxime groups is 1. The van der Waals surface area contributed by atoms with Crippen molar-refractivity contribution in [1.29, 1.82) is 0 Å². The fourth-order valence-electron chi connectivity index (χ4n) is 2.69. The second-order valence-electron chi connectivity index (χ2n) is 6.23. The molecule has 0 saturated carbocycles. The van der Waals surface area contributed by atoms with E-state index in [2.05, 4.69) is 5.16 Å². The molecule has 0 unspecified atom stereocenters. The summed E-state index contributed by atoms with van der Waals surface area (Å²) in [5, 5.41) is 4.02. The molecule has 0 aliphatic carbocycles. The predicted molar refractivity (Wildman–Crippen MR) is 107 cm³/mol. The summed E-state index contributed by atoms with van der Waals surface area (Å²) in [7, 11) is 0. The van der Waals surface area contributed by atoms with Crippen LogP contribution in [0.25, 0.3) is 0 Å². The van der Waals surface area contributed by atoms with E-state index in [1.165, 1.54) is 0 Å². The second kappa shape index (κ2) is 9.34. The number of rotatable bonds is 6. The van der Waals surface area contributed by atoms with Crippen LogP contribution in [0.3, 0.4) is 0 Å². The van der Waals surface area contributed by atoms with Gasteiger partial charge in [0.05, 0.1) is 5.71 Å². The van der Waals surface area contributed by atoms with Gasteiger partial charge >= 0.3 is 6.09 Å². The van der Waals surface area contributed by atoms with Crippen LogP contribution in [0.1, 0.15) is 23.6 Å². The van der Waals surface area contributed by atoms with E-state index in [0.29, 0.717) is 18.8 Å². The highest BCUT2D eigenvalue weighted by molar-refractivity contribution is 5.98. The Kier molecular flexibility index (Phi) is 6.36. The number of hydrogen-bond acceptors (Lipinski definition) is 3. The molecule has 4 heteroatoms. The normalized spacial score (nSPS) is 11.1. The molecule has 0 aliphatic heterocycles. The van der Waals surface area contributed by atoms with Crippen LogP contribution in [0.2, 0.25) is 0 Å². The zero-order valence-corrected chi connectivity index (χ0v) is 15.3. The van der Waals surface area contributed by atoms with Crippen molar-refractivity contribution in [3.8, 4) is 0 Å². The molecule has 0 heterocycles. The molecule has 4 nitrogen and oxygen atoms in total. The van der Waals surface area contributed by atoms with Crippen molar-refractivity contribution in [2.45, 2.75) is 20.0 Å². The van der Waals surface area contributed by atoms with Crippen molar-refractivity contribution in [3.63, 3.8) is 0 Å². The molecular weight excluding hydrogens is 336 g/mol. The lowest BCUT2D eigenvalue weighted by molar-refractivity contribution is 0.100. The molecule has 0 saturated heterocycles. The van der Waals surface area contributed by atoms with E-state index in [-0.39, 0.29) is 0 Å². The van der Waals surface area contributed by atoms with Crippen LogP contribution in [0.5, 0.6) is 0 Å². The van der Waals surface area contributed by atoms with Crippen LogP contribution >= 0.6 is 0 Å². The Bertz CT molecular complexity index is 837. The van der Waals surface area contributed by atoms with Crippen molar-refractivity contribution in [2.24, 2.45) is 5.16 Å². The highest BCUT2D eigenvalue weighted by Gasteiger charge is 2.17. The van der Waals surface area contributed by atoms with E-state index in [1.807, 2.05) is 97.9 Å². The third-order valence-corrected chi connectivity index (χ3v) is 4.14. The number of hydrogen-bond donors (Lipinski definition) is 0. The van der Waals surface area contributed by atoms with Crippen LogP contribution in [-0.2, 0) is 17.9 Å². The molecular formula is C23H22N2O2. The van der Waals surface area contributed by atoms with Gasteiger partial charge in [-0.3, -0.25) is 9.74 Å². The van der Waals surface area contributed by atoms with Gasteiger partial charge in [0.15, 0.2) is 0 Å². The highest BCUT2D eigenvalue weighted by Crippen LogP contribution is 2.12. The molecule has 3 aromatic rings. The standard InChI is InChI=1S/C23H22N2O2/c1-19(22-15-9-4-10-16-22)24-27-23(26)25(17-20-11-5-2-6-12-20)18-21-13-7-3-8-14-21/h2-16H,17-18H2,1H3/b24-19+. The van der Waals surface area contributed by atoms with E-state index >= 15 is 0 Å². The Hall–Kier alpha value is -3.40. The first-order chi connectivity index (χ1) is 13.2. The highest BCUT2D eigenvalue weighted by atomic mass is 16.7. The molecule has 0 bridgehead atoms. The van der Waals surface area contributed by atoms with Crippen molar-refractivity contribution in [1.82, 2.24) is 4.90 Å². The summed E-state index contributed by atoms with van der Waals surface area (Å²) in [4.78, 5) is 19.6. The monoisotopic (exact) mass is 358 g/mol. The number of benzene rings is 3. The van der Waals surface area contributed by atoms with Crippen molar-refractivity contribution < 1.29 is 9.63 Å². The Balaban J connectivity index is 1.73. The number of amides is 1. The lowest BCUT2D eigenvalue weighted by Gasteiger charge is -2.21. The summed E-state index contributed by atoms with van der Waals surface area (Å²) in [5.41, 5.74) is 3.65. The minimum atomic E-state index is -0.474. The van der Waals surface area contributed by atoms with Gasteiger partial charge in [-0.2, -0.15) is 0 Å². The molecule has 0 radical (unpaired) electrons. The first kappa shape index (κ1) is 18.4. The molecule has 3 rings (SSSR count). The average molecular weight is 358 g/mol. The summed E-state index contributed by atoms with van der Waals surface area (Å²) < 4.78 is 0. The van der Waals surface area contributed by atoms with E-state index in [4.69, 9.17) is 4.84 Å². The van der Waals surface area contributed by atoms with Crippen LogP contribution in [-0.4, -0.2) is 16.7 Å². The summed E-state index contributed by atoms with van der Waals surface area (Å²) in [6.45, 7) is 2.73. The van der Waals surface area contributed by atoms with Crippen molar-refractivity contribution in [2.75, 3.05) is 0 Å². The van der Waals surface area contributed by atoms with Gasteiger partial charge < -0.3 is 0 Å². The van der Waals surface area contributed by atoms with Crippen LogP contribution in [0.15, 0.2) is 96.2 Å². The van der Waals surface area contributed by atoms with E-state index < -0.39 is 6.09 Å². The second-order valence-corrected chi connectivity index (χ2v) is 6.23. The molecule has 0 spiro atoms. The van der Waals surface area contributed by atoms with Gasteiger partial charge in [0.25, 0.3) is 0 Å². The number of nitrogens with zero attached hydrogens (tertiary/aromatic N) is 2. The summed E-state index contributed by atoms with van der Waals surface area (Å²) in [5.74, 6) is 0. The minimum Gasteiger partial charge on any atom is -0.298 e. The van der Waals surface area contributed by atoms with E-state index in [1.54, 1.807) is 4.90 Å². The molecule has 1 amide bonds. The maximum atomic E-state index is 12.7. The Labute approximate surface area is 159 Å². The molecule has 3 aromatic carbocycles. The zero-order valence-electron chi connectivity index (χ0n) is 15.3. The number of carbonyl (C=O) groups excluding carboxylic acids is 1. The molecule has 0 aromatic heterocycles. The SMILES string of the molecule is C/C(=N\OC(=O)N(Cc1ccccc1)Cc1ccccc1)c1ccccc1. The maximum Gasteiger partial charge on any atom is 0.436 e. The Morgan fingerprint density at radius 2 is 1.22 bits per heavy atom. The van der Waals surface area contributed by atoms with Gasteiger partial charge in [-0.05, 0) is 23.6 Å². The Morgan fingerprint density at radius 1 is 0.778 bits per heavy atom. The maximum absolute atomic E-state index is 12.7. The van der Waals surface area contributed by atoms with E-state index in [0.717, 1.165) is 16.7 Å². The zero-order chi connectivity index (χ0) is 18.9. The van der Waals surface area contributed by atoms with Gasteiger partial charge in [-0.15, -0.1) is 0 Å². The molecule has 0 fully saturated rings. The van der Waals surface area contributed by atoms with Crippen LogP contribution in [0, 0.1) is 0 Å². The van der Waals surface area contributed by atoms with Crippen molar-refractivity contribution in [3.05, 3.63) is 108 Å². The average Bonchev–Trinajstić information content (AvgIpc) is 2.73. The molecule has 0 N–H and O–H groups in total. The largest absolute Gasteiger partial charge is 0.436 e. The van der Waals surface area contributed by atoms with Crippen LogP contribution < -0.4 is 0 Å². The van der Waals surface area contributed by atoms with Gasteiger partial charge in [-0.1, -0.05) is 96.2 Å². The lowest BCUT2D eigenvalue weighted by atomic mass is 10.1. The Morgan fingerprint density at radius 3 is 1.70 bits per heavy atom. The van der Waals surface area contributed by atoms with Crippen LogP contribution in [0.4, 0.5) is 4.79 Å². The summed E-state index contributed by atoms with van der Waals surface area (Å²) >= 11 is 0. The lowest BCUT2D eigenvalue weighted by Crippen LogP contribution is -2.30. The number of carbonyl (C=O) groups is 1.